The van der Waals surface area contributed by atoms with Gasteiger partial charge in [-0.15, -0.1) is 0 Å². The fourth-order valence-corrected chi connectivity index (χ4v) is 1.16. The topological polar surface area (TPSA) is 33.1 Å². The third-order valence-corrected chi connectivity index (χ3v) is 1.92. The van der Waals surface area contributed by atoms with Crippen LogP contribution in [0.3, 0.4) is 0 Å². The zero-order chi connectivity index (χ0) is 9.35. The molecule has 1 heterocycles. The summed E-state index contributed by atoms with van der Waals surface area (Å²) in [5.41, 5.74) is -0.983. The molecular formula is C8H9BrFNO. The SMILES string of the molecule is CC(C)(O)c1ccc(Br)nc1F. The lowest BCUT2D eigenvalue weighted by molar-refractivity contribution is 0.0736. The highest BCUT2D eigenvalue weighted by Crippen LogP contribution is 2.22. The van der Waals surface area contributed by atoms with Gasteiger partial charge in [-0.1, -0.05) is 0 Å². The standard InChI is InChI=1S/C8H9BrFNO/c1-8(2,12)5-3-4-6(9)11-7(5)10/h3-4,12H,1-2H3. The Morgan fingerprint density at radius 1 is 1.50 bits per heavy atom. The van der Waals surface area contributed by atoms with Gasteiger partial charge < -0.3 is 5.11 Å². The van der Waals surface area contributed by atoms with Gasteiger partial charge in [0.25, 0.3) is 0 Å². The molecule has 0 unspecified atom stereocenters. The van der Waals surface area contributed by atoms with E-state index in [-0.39, 0.29) is 5.56 Å². The van der Waals surface area contributed by atoms with Crippen LogP contribution < -0.4 is 0 Å². The van der Waals surface area contributed by atoms with Gasteiger partial charge in [-0.25, -0.2) is 4.98 Å². The number of pyridine rings is 1. The van der Waals surface area contributed by atoms with Crippen LogP contribution in [-0.2, 0) is 5.60 Å². The Hall–Kier alpha value is -0.480. The lowest BCUT2D eigenvalue weighted by atomic mass is 10.0. The van der Waals surface area contributed by atoms with Crippen molar-refractivity contribution >= 4 is 15.9 Å². The summed E-state index contributed by atoms with van der Waals surface area (Å²) < 4.78 is 13.5. The van der Waals surface area contributed by atoms with E-state index in [1.807, 2.05) is 0 Å². The van der Waals surface area contributed by atoms with Gasteiger partial charge in [0.05, 0.1) is 5.60 Å². The zero-order valence-corrected chi connectivity index (χ0v) is 8.39. The number of hydrogen-bond acceptors (Lipinski definition) is 2. The van der Waals surface area contributed by atoms with E-state index in [9.17, 15) is 9.50 Å². The average molecular weight is 234 g/mol. The summed E-state index contributed by atoms with van der Waals surface area (Å²) in [7, 11) is 0. The van der Waals surface area contributed by atoms with Crippen LogP contribution in [0.4, 0.5) is 4.39 Å². The Kier molecular flexibility index (Phi) is 2.49. The molecule has 0 aliphatic heterocycles. The third kappa shape index (κ3) is 2.01. The third-order valence-electron chi connectivity index (χ3n) is 1.47. The maximum atomic E-state index is 13.0. The maximum Gasteiger partial charge on any atom is 0.220 e. The van der Waals surface area contributed by atoms with Gasteiger partial charge in [0.1, 0.15) is 4.60 Å². The molecule has 12 heavy (non-hydrogen) atoms. The fraction of sp³-hybridized carbons (Fsp3) is 0.375. The van der Waals surface area contributed by atoms with E-state index in [0.29, 0.717) is 4.60 Å². The maximum absolute atomic E-state index is 13.0. The van der Waals surface area contributed by atoms with Crippen LogP contribution in [0.15, 0.2) is 16.7 Å². The molecule has 0 saturated carbocycles. The normalized spacial score (nSPS) is 11.8. The molecule has 0 saturated heterocycles. The molecule has 0 radical (unpaired) electrons. The van der Waals surface area contributed by atoms with Crippen LogP contribution in [0.25, 0.3) is 0 Å². The predicted octanol–water partition coefficient (Wildman–Crippen LogP) is 2.21. The molecule has 1 aromatic rings. The van der Waals surface area contributed by atoms with Crippen molar-refractivity contribution < 1.29 is 9.50 Å². The summed E-state index contributed by atoms with van der Waals surface area (Å²) in [4.78, 5) is 3.53. The Balaban J connectivity index is 3.19. The summed E-state index contributed by atoms with van der Waals surface area (Å²) in [6.45, 7) is 3.03. The highest BCUT2D eigenvalue weighted by atomic mass is 79.9. The van der Waals surface area contributed by atoms with Crippen LogP contribution in [0.1, 0.15) is 19.4 Å². The highest BCUT2D eigenvalue weighted by molar-refractivity contribution is 9.10. The van der Waals surface area contributed by atoms with Gasteiger partial charge >= 0.3 is 0 Å². The van der Waals surface area contributed by atoms with Crippen molar-refractivity contribution in [3.63, 3.8) is 0 Å². The van der Waals surface area contributed by atoms with Gasteiger partial charge in [-0.3, -0.25) is 0 Å². The number of aromatic nitrogens is 1. The molecule has 0 amide bonds. The Morgan fingerprint density at radius 2 is 2.08 bits per heavy atom. The lowest BCUT2D eigenvalue weighted by Crippen LogP contribution is -2.18. The number of halogens is 2. The van der Waals surface area contributed by atoms with E-state index in [2.05, 4.69) is 20.9 Å². The van der Waals surface area contributed by atoms with Gasteiger partial charge in [0.2, 0.25) is 5.95 Å². The minimum Gasteiger partial charge on any atom is -0.386 e. The summed E-state index contributed by atoms with van der Waals surface area (Å²) in [6, 6.07) is 3.10. The molecule has 0 fully saturated rings. The van der Waals surface area contributed by atoms with Crippen molar-refractivity contribution in [3.8, 4) is 0 Å². The van der Waals surface area contributed by atoms with Crippen LogP contribution >= 0.6 is 15.9 Å². The van der Waals surface area contributed by atoms with Crippen molar-refractivity contribution in [2.75, 3.05) is 0 Å². The zero-order valence-electron chi connectivity index (χ0n) is 6.81. The Labute approximate surface area is 78.6 Å². The molecule has 0 aliphatic rings. The van der Waals surface area contributed by atoms with Crippen LogP contribution in [0.5, 0.6) is 0 Å². The molecule has 0 spiro atoms. The van der Waals surface area contributed by atoms with Gasteiger partial charge in [0, 0.05) is 5.56 Å². The number of hydrogen-bond donors (Lipinski definition) is 1. The number of rotatable bonds is 1. The first-order valence-corrected chi connectivity index (χ1v) is 4.25. The van der Waals surface area contributed by atoms with Gasteiger partial charge in [-0.2, -0.15) is 4.39 Å². The van der Waals surface area contributed by atoms with Crippen molar-refractivity contribution in [2.45, 2.75) is 19.4 Å². The van der Waals surface area contributed by atoms with Crippen LogP contribution in [-0.4, -0.2) is 10.1 Å². The average Bonchev–Trinajstić information content (AvgIpc) is 1.83. The van der Waals surface area contributed by atoms with Crippen molar-refractivity contribution in [1.29, 1.82) is 0 Å². The van der Waals surface area contributed by atoms with Crippen molar-refractivity contribution in [2.24, 2.45) is 0 Å². The first-order chi connectivity index (χ1) is 5.41. The lowest BCUT2D eigenvalue weighted by Gasteiger charge is -2.17. The number of nitrogens with zero attached hydrogens (tertiary/aromatic N) is 1. The highest BCUT2D eigenvalue weighted by Gasteiger charge is 2.21. The van der Waals surface area contributed by atoms with E-state index < -0.39 is 11.5 Å². The van der Waals surface area contributed by atoms with Crippen LogP contribution in [0, 0.1) is 5.95 Å². The van der Waals surface area contributed by atoms with Crippen molar-refractivity contribution in [1.82, 2.24) is 4.98 Å². The molecule has 0 bridgehead atoms. The monoisotopic (exact) mass is 233 g/mol. The van der Waals surface area contributed by atoms with Crippen molar-refractivity contribution in [3.05, 3.63) is 28.2 Å². The summed E-state index contributed by atoms with van der Waals surface area (Å²) in [5, 5.41) is 9.47. The molecule has 0 aromatic carbocycles. The molecule has 4 heteroatoms. The molecule has 0 aliphatic carbocycles. The fourth-order valence-electron chi connectivity index (χ4n) is 0.868. The molecule has 1 rings (SSSR count). The second kappa shape index (κ2) is 3.11. The summed E-state index contributed by atoms with van der Waals surface area (Å²) in [5.74, 6) is -0.642. The Morgan fingerprint density at radius 3 is 2.50 bits per heavy atom. The second-order valence-electron chi connectivity index (χ2n) is 3.03. The molecule has 66 valence electrons. The van der Waals surface area contributed by atoms with Gasteiger partial charge in [-0.05, 0) is 41.9 Å². The van der Waals surface area contributed by atoms with Gasteiger partial charge in [0.15, 0.2) is 0 Å². The first kappa shape index (κ1) is 9.61. The molecule has 1 aromatic heterocycles. The molecule has 1 N–H and O–H groups in total. The quantitative estimate of drug-likeness (QED) is 0.755. The molecule has 0 atom stereocenters. The smallest absolute Gasteiger partial charge is 0.220 e. The summed E-state index contributed by atoms with van der Waals surface area (Å²) in [6.07, 6.45) is 0. The van der Waals surface area contributed by atoms with E-state index in [4.69, 9.17) is 0 Å². The van der Waals surface area contributed by atoms with E-state index in [0.717, 1.165) is 0 Å². The molecular weight excluding hydrogens is 225 g/mol. The minimum absolute atomic E-state index is 0.200. The van der Waals surface area contributed by atoms with Crippen LogP contribution in [0.2, 0.25) is 0 Å². The van der Waals surface area contributed by atoms with E-state index >= 15 is 0 Å². The largest absolute Gasteiger partial charge is 0.386 e. The Bertz CT molecular complexity index is 296. The minimum atomic E-state index is -1.18. The summed E-state index contributed by atoms with van der Waals surface area (Å²) >= 11 is 3.03. The second-order valence-corrected chi connectivity index (χ2v) is 3.84. The predicted molar refractivity (Wildman–Crippen MR) is 47.1 cm³/mol. The number of aliphatic hydroxyl groups is 1. The molecule has 2 nitrogen and oxygen atoms in total. The van der Waals surface area contributed by atoms with E-state index in [1.54, 1.807) is 6.07 Å². The first-order valence-electron chi connectivity index (χ1n) is 3.46. The van der Waals surface area contributed by atoms with E-state index in [1.165, 1.54) is 19.9 Å².